The third-order valence-corrected chi connectivity index (χ3v) is 21.3. The molecule has 0 N–H and O–H groups in total. The average molecular weight is 979 g/mol. The van der Waals surface area contributed by atoms with E-state index in [0.717, 1.165) is 11.2 Å². The molecule has 0 saturated heterocycles. The van der Waals surface area contributed by atoms with Gasteiger partial charge in [-0.2, -0.15) is 0 Å². The van der Waals surface area contributed by atoms with Gasteiger partial charge in [0.15, 0.2) is 0 Å². The first-order valence-corrected chi connectivity index (χ1v) is 28.8. The van der Waals surface area contributed by atoms with Crippen LogP contribution in [0, 0.1) is 0 Å². The lowest BCUT2D eigenvalue weighted by Crippen LogP contribution is -2.61. The van der Waals surface area contributed by atoms with Gasteiger partial charge in [-0.3, -0.25) is 0 Å². The zero-order chi connectivity index (χ0) is 51.1. The lowest BCUT2D eigenvalue weighted by molar-refractivity contribution is 0.262. The van der Waals surface area contributed by atoms with E-state index in [1.54, 1.807) is 22.3 Å². The smallest absolute Gasteiger partial charge is 0.254 e. The number of thiophene rings is 1. The molecule has 14 rings (SSSR count). The fraction of sp³-hybridized carbons (Fsp3) is 0.441. The van der Waals surface area contributed by atoms with Crippen molar-refractivity contribution in [2.75, 3.05) is 9.80 Å². The van der Waals surface area contributed by atoms with Crippen molar-refractivity contribution in [2.45, 2.75) is 193 Å². The number of hydrogen-bond acceptors (Lipinski definition) is 4. The van der Waals surface area contributed by atoms with E-state index < -0.39 is 0 Å². The third kappa shape index (κ3) is 6.30. The second-order valence-electron chi connectivity index (χ2n) is 28.9. The topological polar surface area (TPSA) is 19.6 Å². The minimum atomic E-state index is -0.131. The summed E-state index contributed by atoms with van der Waals surface area (Å²) in [5, 5.41) is 5.24. The van der Waals surface area contributed by atoms with E-state index in [-0.39, 0.29) is 44.6 Å². The highest BCUT2D eigenvalue weighted by Crippen LogP contribution is 2.59. The van der Waals surface area contributed by atoms with Crippen LogP contribution in [0.3, 0.4) is 0 Å². The van der Waals surface area contributed by atoms with E-state index in [2.05, 4.69) is 216 Å². The second kappa shape index (κ2) is 14.4. The molecule has 3 aliphatic carbocycles. The van der Waals surface area contributed by atoms with Crippen LogP contribution >= 0.6 is 11.3 Å². The van der Waals surface area contributed by atoms with E-state index in [9.17, 15) is 0 Å². The quantitative estimate of drug-likeness (QED) is 0.161. The predicted octanol–water partition coefficient (Wildman–Crippen LogP) is 17.7. The third-order valence-electron chi connectivity index (χ3n) is 20.2. The first-order chi connectivity index (χ1) is 34.3. The number of anilines is 6. The van der Waals surface area contributed by atoms with Crippen LogP contribution in [-0.2, 0) is 37.9 Å². The monoisotopic (exact) mass is 979 g/mol. The van der Waals surface area contributed by atoms with E-state index in [1.807, 2.05) is 0 Å². The first-order valence-electron chi connectivity index (χ1n) is 27.9. The molecule has 8 aromatic rings. The molecule has 6 aliphatic rings. The maximum Gasteiger partial charge on any atom is 0.254 e. The Kier molecular flexibility index (Phi) is 9.11. The summed E-state index contributed by atoms with van der Waals surface area (Å²) in [5.74, 6) is 0.481. The van der Waals surface area contributed by atoms with Gasteiger partial charge in [0.2, 0.25) is 0 Å². The van der Waals surface area contributed by atoms with Crippen molar-refractivity contribution in [3.8, 4) is 0 Å². The Morgan fingerprint density at radius 2 is 1.23 bits per heavy atom. The summed E-state index contributed by atoms with van der Waals surface area (Å²) in [6, 6.07) is 37.5. The molecule has 6 aromatic carbocycles. The van der Waals surface area contributed by atoms with Gasteiger partial charge >= 0.3 is 0 Å². The standard InChI is InChI=1S/C68H75BN2OS/c1-62(2,3)39-30-53-59-54(31-39)71(51-23-22-45(63(4,5)6)60-57(51)41-18-16-17-19-55(41)72-60)52-35-46-42-34-50(52)69(59)58-43-33-49-48(67(13,14)28-29-68(49,15)37-38(42)24-25-64(46,7)8)36-56(43)73-61(58)70(53)40-20-21-44-47(32-40)66(11,12)27-26-65(44,9)10/h16-23,30-36,38H,24-29,37H2,1-15H3. The molecule has 2 aromatic heterocycles. The predicted molar refractivity (Wildman–Crippen MR) is 315 cm³/mol. The molecule has 0 fully saturated rings. The van der Waals surface area contributed by atoms with E-state index in [4.69, 9.17) is 4.42 Å². The van der Waals surface area contributed by atoms with Gasteiger partial charge in [0.1, 0.15) is 11.2 Å². The maximum atomic E-state index is 7.09. The van der Waals surface area contributed by atoms with Crippen LogP contribution in [0.5, 0.6) is 0 Å². The molecule has 0 radical (unpaired) electrons. The molecule has 73 heavy (non-hydrogen) atoms. The van der Waals surface area contributed by atoms with Crippen molar-refractivity contribution in [1.82, 2.24) is 0 Å². The van der Waals surface area contributed by atoms with Crippen LogP contribution in [0.4, 0.5) is 33.4 Å². The lowest BCUT2D eigenvalue weighted by atomic mass is 9.33. The Labute approximate surface area is 439 Å². The molecule has 5 heterocycles. The Morgan fingerprint density at radius 1 is 0.562 bits per heavy atom. The molecule has 372 valence electrons. The molecule has 3 nitrogen and oxygen atoms in total. The van der Waals surface area contributed by atoms with Gasteiger partial charge in [0.05, 0.1) is 16.1 Å². The van der Waals surface area contributed by atoms with Gasteiger partial charge in [-0.05, 0) is 204 Å². The van der Waals surface area contributed by atoms with E-state index in [1.165, 1.54) is 138 Å². The Morgan fingerprint density at radius 3 is 1.96 bits per heavy atom. The van der Waals surface area contributed by atoms with Gasteiger partial charge in [-0.1, -0.05) is 140 Å². The average Bonchev–Trinajstić information content (AvgIpc) is 3.90. The van der Waals surface area contributed by atoms with Crippen molar-refractivity contribution in [3.63, 3.8) is 0 Å². The fourth-order valence-corrected chi connectivity index (χ4v) is 16.8. The molecular formula is C68H75BN2OS. The Balaban J connectivity index is 1.18. The minimum Gasteiger partial charge on any atom is -0.456 e. The number of para-hydroxylation sites is 1. The van der Waals surface area contributed by atoms with E-state index in [0.29, 0.717) is 5.92 Å². The van der Waals surface area contributed by atoms with Crippen LogP contribution in [-0.4, -0.2) is 6.71 Å². The Hall–Kier alpha value is -5.26. The molecule has 2 atom stereocenters. The lowest BCUT2D eigenvalue weighted by Gasteiger charge is -2.48. The number of benzene rings is 6. The molecule has 0 saturated carbocycles. The van der Waals surface area contributed by atoms with Crippen LogP contribution in [0.25, 0.3) is 32.0 Å². The van der Waals surface area contributed by atoms with Crippen molar-refractivity contribution >= 4 is 99.9 Å². The second-order valence-corrected chi connectivity index (χ2v) is 30.0. The van der Waals surface area contributed by atoms with Crippen molar-refractivity contribution in [2.24, 2.45) is 0 Å². The van der Waals surface area contributed by atoms with Crippen LogP contribution in [0.1, 0.15) is 199 Å². The highest BCUT2D eigenvalue weighted by Gasteiger charge is 2.51. The van der Waals surface area contributed by atoms with E-state index >= 15 is 0 Å². The molecule has 3 aliphatic heterocycles. The van der Waals surface area contributed by atoms with Crippen LogP contribution < -0.4 is 26.2 Å². The summed E-state index contributed by atoms with van der Waals surface area (Å²) in [6.45, 7) is 37.0. The summed E-state index contributed by atoms with van der Waals surface area (Å²) in [5.41, 5.74) is 24.9. The van der Waals surface area contributed by atoms with Gasteiger partial charge in [0.25, 0.3) is 6.71 Å². The van der Waals surface area contributed by atoms with Gasteiger partial charge in [-0.15, -0.1) is 11.3 Å². The van der Waals surface area contributed by atoms with Crippen molar-refractivity contribution in [3.05, 3.63) is 136 Å². The summed E-state index contributed by atoms with van der Waals surface area (Å²) >= 11 is 2.06. The number of nitrogens with zero attached hydrogens (tertiary/aromatic N) is 2. The van der Waals surface area contributed by atoms with Gasteiger partial charge < -0.3 is 14.2 Å². The summed E-state index contributed by atoms with van der Waals surface area (Å²) < 4.78 is 8.53. The minimum absolute atomic E-state index is 0.0241. The molecule has 0 amide bonds. The largest absolute Gasteiger partial charge is 0.456 e. The molecule has 4 bridgehead atoms. The number of furan rings is 1. The summed E-state index contributed by atoms with van der Waals surface area (Å²) in [4.78, 5) is 5.52. The summed E-state index contributed by atoms with van der Waals surface area (Å²) in [6.07, 6.45) is 8.41. The SMILES string of the molecule is CC(C)(C)c1cc2c3c(c1)N(c1ccc(C(C)(C)C)c4oc5ccccc5c14)c1cc4c5cc1B3c1c(sc3cc6c(cc13)C(C)(CCC6(C)C)CC5CCC4(C)C)N2c1ccc2c(c1)C(C)(C)CCC2(C)C. The zero-order valence-corrected chi connectivity index (χ0v) is 47.3. The molecule has 5 heteroatoms. The van der Waals surface area contributed by atoms with Crippen molar-refractivity contribution < 1.29 is 4.42 Å². The maximum absolute atomic E-state index is 7.09. The first kappa shape index (κ1) is 46.3. The zero-order valence-electron chi connectivity index (χ0n) is 46.5. The van der Waals surface area contributed by atoms with Crippen LogP contribution in [0.2, 0.25) is 0 Å². The normalized spacial score (nSPS) is 22.6. The highest BCUT2D eigenvalue weighted by molar-refractivity contribution is 7.26. The number of rotatable bonds is 2. The van der Waals surface area contributed by atoms with Gasteiger partial charge in [-0.25, -0.2) is 0 Å². The number of fused-ring (bicyclic) bond motifs is 4. The number of hydrogen-bond donors (Lipinski definition) is 0. The highest BCUT2D eigenvalue weighted by atomic mass is 32.1. The van der Waals surface area contributed by atoms with Crippen LogP contribution in [0.15, 0.2) is 95.4 Å². The summed E-state index contributed by atoms with van der Waals surface area (Å²) in [7, 11) is 0. The fourth-order valence-electron chi connectivity index (χ4n) is 15.5. The Bertz CT molecular complexity index is 3750. The van der Waals surface area contributed by atoms with Gasteiger partial charge in [0, 0.05) is 38.4 Å². The molecule has 0 spiro atoms. The van der Waals surface area contributed by atoms with Crippen molar-refractivity contribution in [1.29, 1.82) is 0 Å². The molecule has 2 unspecified atom stereocenters. The molecular weight excluding hydrogens is 904 g/mol.